The smallest absolute Gasteiger partial charge is 0.232 e. The van der Waals surface area contributed by atoms with E-state index in [1.807, 2.05) is 45.9 Å². The van der Waals surface area contributed by atoms with Crippen molar-refractivity contribution in [3.8, 4) is 0 Å². The first-order valence-corrected chi connectivity index (χ1v) is 8.27. The van der Waals surface area contributed by atoms with Crippen molar-refractivity contribution < 1.29 is 8.42 Å². The molecule has 0 aromatic heterocycles. The first-order chi connectivity index (χ1) is 8.82. The topological polar surface area (TPSA) is 58.2 Å². The molecule has 0 spiro atoms. The van der Waals surface area contributed by atoms with Crippen molar-refractivity contribution in [2.24, 2.45) is 0 Å². The van der Waals surface area contributed by atoms with Gasteiger partial charge in [-0.1, -0.05) is 32.0 Å². The summed E-state index contributed by atoms with van der Waals surface area (Å²) < 4.78 is 26.7. The van der Waals surface area contributed by atoms with Crippen molar-refractivity contribution in [2.75, 3.05) is 17.0 Å². The Balaban J connectivity index is 2.60. The van der Waals surface area contributed by atoms with E-state index >= 15 is 0 Å². The molecule has 108 valence electrons. The predicted molar refractivity (Wildman–Crippen MR) is 81.1 cm³/mol. The Morgan fingerprint density at radius 2 is 1.74 bits per heavy atom. The molecule has 0 atom stereocenters. The lowest BCUT2D eigenvalue weighted by Crippen LogP contribution is -2.26. The zero-order valence-corrected chi connectivity index (χ0v) is 13.0. The second-order valence-corrected chi connectivity index (χ2v) is 6.99. The van der Waals surface area contributed by atoms with Gasteiger partial charge in [-0.25, -0.2) is 8.42 Å². The minimum atomic E-state index is -3.27. The van der Waals surface area contributed by atoms with Gasteiger partial charge in [-0.15, -0.1) is 0 Å². The Labute approximate surface area is 116 Å². The van der Waals surface area contributed by atoms with Gasteiger partial charge in [0.25, 0.3) is 0 Å². The van der Waals surface area contributed by atoms with Gasteiger partial charge in [-0.3, -0.25) is 4.72 Å². The molecule has 1 rings (SSSR count). The highest BCUT2D eigenvalue weighted by Gasteiger charge is 2.13. The molecule has 4 nitrogen and oxygen atoms in total. The van der Waals surface area contributed by atoms with E-state index < -0.39 is 10.0 Å². The third-order valence-corrected chi connectivity index (χ3v) is 4.22. The maximum atomic E-state index is 12.0. The van der Waals surface area contributed by atoms with Gasteiger partial charge in [0.15, 0.2) is 0 Å². The molecule has 1 aromatic carbocycles. The highest BCUT2D eigenvalue weighted by Crippen LogP contribution is 2.20. The third-order valence-electron chi connectivity index (χ3n) is 2.88. The molecule has 0 saturated heterocycles. The van der Waals surface area contributed by atoms with Crippen LogP contribution in [0.15, 0.2) is 18.2 Å². The van der Waals surface area contributed by atoms with Gasteiger partial charge in [0.1, 0.15) is 0 Å². The monoisotopic (exact) mass is 284 g/mol. The van der Waals surface area contributed by atoms with Gasteiger partial charge >= 0.3 is 0 Å². The summed E-state index contributed by atoms with van der Waals surface area (Å²) in [7, 11) is -3.27. The zero-order chi connectivity index (χ0) is 14.5. The van der Waals surface area contributed by atoms with Crippen LogP contribution in [0.3, 0.4) is 0 Å². The first kappa shape index (κ1) is 16.0. The molecule has 0 saturated carbocycles. The van der Waals surface area contributed by atoms with Crippen LogP contribution in [0.5, 0.6) is 0 Å². The Bertz CT molecular complexity index is 490. The fraction of sp³-hybridized carbons (Fsp3) is 0.571. The van der Waals surface area contributed by atoms with Crippen molar-refractivity contribution in [3.05, 3.63) is 29.3 Å². The molecule has 0 unspecified atom stereocenters. The fourth-order valence-electron chi connectivity index (χ4n) is 1.83. The molecule has 0 bridgehead atoms. The van der Waals surface area contributed by atoms with E-state index in [9.17, 15) is 8.42 Å². The molecule has 19 heavy (non-hydrogen) atoms. The second kappa shape index (κ2) is 6.91. The fourth-order valence-corrected chi connectivity index (χ4v) is 3.09. The minimum Gasteiger partial charge on any atom is -0.314 e. The maximum Gasteiger partial charge on any atom is 0.232 e. The van der Waals surface area contributed by atoms with Crippen LogP contribution in [0.4, 0.5) is 5.69 Å². The highest BCUT2D eigenvalue weighted by atomic mass is 32.2. The van der Waals surface area contributed by atoms with Crippen LogP contribution in [0.1, 0.15) is 31.4 Å². The van der Waals surface area contributed by atoms with Crippen molar-refractivity contribution in [2.45, 2.75) is 40.2 Å². The van der Waals surface area contributed by atoms with Gasteiger partial charge < -0.3 is 5.32 Å². The van der Waals surface area contributed by atoms with Gasteiger partial charge in [0.2, 0.25) is 10.0 Å². The molecule has 5 heteroatoms. The lowest BCUT2D eigenvalue weighted by molar-refractivity contribution is 0.571. The first-order valence-electron chi connectivity index (χ1n) is 6.62. The van der Waals surface area contributed by atoms with Crippen LogP contribution < -0.4 is 10.0 Å². The molecule has 0 radical (unpaired) electrons. The molecule has 1 aromatic rings. The van der Waals surface area contributed by atoms with Crippen LogP contribution in [0.2, 0.25) is 0 Å². The zero-order valence-electron chi connectivity index (χ0n) is 12.2. The van der Waals surface area contributed by atoms with Crippen LogP contribution in [-0.2, 0) is 10.0 Å². The Morgan fingerprint density at radius 3 is 2.26 bits per heavy atom. The highest BCUT2D eigenvalue weighted by molar-refractivity contribution is 7.92. The van der Waals surface area contributed by atoms with Crippen molar-refractivity contribution in [1.82, 2.24) is 5.32 Å². The van der Waals surface area contributed by atoms with Gasteiger partial charge in [0.05, 0.1) is 11.4 Å². The van der Waals surface area contributed by atoms with Crippen LogP contribution in [0, 0.1) is 13.8 Å². The van der Waals surface area contributed by atoms with E-state index in [0.29, 0.717) is 24.7 Å². The van der Waals surface area contributed by atoms with Gasteiger partial charge in [-0.2, -0.15) is 0 Å². The molecule has 0 aliphatic rings. The van der Waals surface area contributed by atoms with E-state index in [1.165, 1.54) is 0 Å². The normalized spacial score (nSPS) is 11.8. The van der Waals surface area contributed by atoms with Gasteiger partial charge in [0, 0.05) is 6.04 Å². The summed E-state index contributed by atoms with van der Waals surface area (Å²) in [4.78, 5) is 0. The Hall–Kier alpha value is -1.07. The van der Waals surface area contributed by atoms with E-state index in [1.54, 1.807) is 0 Å². The molecular weight excluding hydrogens is 260 g/mol. The quantitative estimate of drug-likeness (QED) is 0.756. The standard InChI is InChI=1S/C14H24N2O2S/c1-11(2)15-9-6-10-19(17,18)16-14-12(3)7-5-8-13(14)4/h5,7-8,11,15-16H,6,9-10H2,1-4H3. The lowest BCUT2D eigenvalue weighted by Gasteiger charge is -2.13. The van der Waals surface area contributed by atoms with Crippen LogP contribution in [-0.4, -0.2) is 26.8 Å². The molecule has 0 fully saturated rings. The molecule has 0 aliphatic heterocycles. The minimum absolute atomic E-state index is 0.139. The van der Waals surface area contributed by atoms with Crippen LogP contribution in [0.25, 0.3) is 0 Å². The predicted octanol–water partition coefficient (Wildman–Crippen LogP) is 2.43. The van der Waals surface area contributed by atoms with Crippen molar-refractivity contribution in [1.29, 1.82) is 0 Å². The summed E-state index contributed by atoms with van der Waals surface area (Å²) in [5.41, 5.74) is 2.60. The van der Waals surface area contributed by atoms with Crippen LogP contribution >= 0.6 is 0 Å². The third kappa shape index (κ3) is 5.61. The molecular formula is C14H24N2O2S. The maximum absolute atomic E-state index is 12.0. The van der Waals surface area contributed by atoms with E-state index in [2.05, 4.69) is 10.0 Å². The molecule has 0 amide bonds. The average Bonchev–Trinajstić information content (AvgIpc) is 2.30. The van der Waals surface area contributed by atoms with Crippen molar-refractivity contribution in [3.63, 3.8) is 0 Å². The number of hydrogen-bond acceptors (Lipinski definition) is 3. The van der Waals surface area contributed by atoms with Crippen molar-refractivity contribution >= 4 is 15.7 Å². The van der Waals surface area contributed by atoms with E-state index in [-0.39, 0.29) is 5.75 Å². The summed E-state index contributed by atoms with van der Waals surface area (Å²) in [6, 6.07) is 6.13. The lowest BCUT2D eigenvalue weighted by atomic mass is 10.1. The summed E-state index contributed by atoms with van der Waals surface area (Å²) in [6.45, 7) is 8.62. The van der Waals surface area contributed by atoms with E-state index in [0.717, 1.165) is 11.1 Å². The molecule has 0 heterocycles. The second-order valence-electron chi connectivity index (χ2n) is 5.15. The SMILES string of the molecule is Cc1cccc(C)c1NS(=O)(=O)CCCNC(C)C. The van der Waals surface area contributed by atoms with E-state index in [4.69, 9.17) is 0 Å². The largest absolute Gasteiger partial charge is 0.314 e. The summed E-state index contributed by atoms with van der Waals surface area (Å²) in [5, 5.41) is 3.21. The average molecular weight is 284 g/mol. The number of anilines is 1. The number of sulfonamides is 1. The number of aryl methyl sites for hydroxylation is 2. The summed E-state index contributed by atoms with van der Waals surface area (Å²) in [5.74, 6) is 0.139. The number of hydrogen-bond donors (Lipinski definition) is 2. The summed E-state index contributed by atoms with van der Waals surface area (Å²) >= 11 is 0. The molecule has 2 N–H and O–H groups in total. The number of benzene rings is 1. The van der Waals surface area contributed by atoms with Gasteiger partial charge in [-0.05, 0) is 37.9 Å². The Kier molecular flexibility index (Phi) is 5.82. The summed E-state index contributed by atoms with van der Waals surface area (Å²) in [6.07, 6.45) is 0.610. The number of nitrogens with one attached hydrogen (secondary N) is 2. The molecule has 0 aliphatic carbocycles. The number of para-hydroxylation sites is 1. The number of rotatable bonds is 7. The Morgan fingerprint density at radius 1 is 1.16 bits per heavy atom.